The number of hydrogen-bond acceptors (Lipinski definition) is 4. The molecule has 2 aromatic rings. The van der Waals surface area contributed by atoms with Crippen molar-refractivity contribution >= 4 is 11.6 Å². The van der Waals surface area contributed by atoms with Gasteiger partial charge in [-0.2, -0.15) is 4.98 Å². The van der Waals surface area contributed by atoms with Crippen LogP contribution in [0.1, 0.15) is 31.4 Å². The Morgan fingerprint density at radius 3 is 2.88 bits per heavy atom. The summed E-state index contributed by atoms with van der Waals surface area (Å²) in [5, 5.41) is 0.631. The Kier molecular flexibility index (Phi) is 3.57. The zero-order chi connectivity index (χ0) is 16.9. The summed E-state index contributed by atoms with van der Waals surface area (Å²) in [6.07, 6.45) is 4.76. The quantitative estimate of drug-likeness (QED) is 0.857. The third-order valence-electron chi connectivity index (χ3n) is 4.75. The lowest BCUT2D eigenvalue weighted by Crippen LogP contribution is -2.45. The van der Waals surface area contributed by atoms with Crippen LogP contribution in [0.4, 0.5) is 0 Å². The van der Waals surface area contributed by atoms with Crippen LogP contribution in [0.25, 0.3) is 0 Å². The fourth-order valence-corrected chi connectivity index (χ4v) is 3.57. The molecule has 1 aliphatic heterocycles. The third kappa shape index (κ3) is 2.67. The number of aryl methyl sites for hydroxylation is 2. The second-order valence-electron chi connectivity index (χ2n) is 6.92. The highest BCUT2D eigenvalue weighted by Gasteiger charge is 2.39. The second-order valence-corrected chi connectivity index (χ2v) is 7.32. The van der Waals surface area contributed by atoms with E-state index in [1.54, 1.807) is 6.20 Å². The summed E-state index contributed by atoms with van der Waals surface area (Å²) in [4.78, 5) is 15.3. The maximum atomic E-state index is 11.4. The summed E-state index contributed by atoms with van der Waals surface area (Å²) in [5.74, 6) is 0.685. The Morgan fingerprint density at radius 2 is 2.08 bits per heavy atom. The van der Waals surface area contributed by atoms with Gasteiger partial charge >= 0.3 is 0 Å². The van der Waals surface area contributed by atoms with Gasteiger partial charge in [0.05, 0.1) is 11.6 Å². The van der Waals surface area contributed by atoms with Crippen LogP contribution in [0.5, 0.6) is 11.8 Å². The van der Waals surface area contributed by atoms with Crippen molar-refractivity contribution in [2.45, 2.75) is 51.4 Å². The average molecular weight is 347 g/mol. The number of benzene rings is 1. The van der Waals surface area contributed by atoms with Gasteiger partial charge in [0.15, 0.2) is 6.10 Å². The van der Waals surface area contributed by atoms with Gasteiger partial charge in [0, 0.05) is 12.3 Å². The second kappa shape index (κ2) is 5.52. The summed E-state index contributed by atoms with van der Waals surface area (Å²) in [5.41, 5.74) is 1.71. The molecule has 1 aliphatic carbocycles. The monoisotopic (exact) mass is 346 g/mol. The third-order valence-corrected chi connectivity index (χ3v) is 5.05. The molecule has 2 aliphatic rings. The molecule has 126 valence electrons. The lowest BCUT2D eigenvalue weighted by molar-refractivity contribution is -0.00456. The molecule has 1 aromatic carbocycles. The van der Waals surface area contributed by atoms with Crippen molar-refractivity contribution in [3.8, 4) is 11.8 Å². The van der Waals surface area contributed by atoms with Gasteiger partial charge in [-0.25, -0.2) is 0 Å². The lowest BCUT2D eigenvalue weighted by atomic mass is 10.0. The molecule has 0 amide bonds. The Morgan fingerprint density at radius 1 is 1.33 bits per heavy atom. The highest BCUT2D eigenvalue weighted by atomic mass is 35.5. The van der Waals surface area contributed by atoms with Crippen molar-refractivity contribution < 1.29 is 9.47 Å². The van der Waals surface area contributed by atoms with Gasteiger partial charge in [-0.15, -0.1) is 0 Å². The number of aromatic nitrogens is 2. The normalized spacial score (nSPS) is 18.9. The zero-order valence-electron chi connectivity index (χ0n) is 13.7. The van der Waals surface area contributed by atoms with Crippen molar-refractivity contribution in [1.29, 1.82) is 0 Å². The van der Waals surface area contributed by atoms with E-state index in [2.05, 4.69) is 11.1 Å². The molecule has 0 radical (unpaired) electrons. The number of nitrogens with zero attached hydrogens (tertiary/aromatic N) is 2. The Balaban J connectivity index is 1.57. The van der Waals surface area contributed by atoms with Crippen LogP contribution in [0.3, 0.4) is 0 Å². The van der Waals surface area contributed by atoms with Crippen molar-refractivity contribution in [2.24, 2.45) is 0 Å². The van der Waals surface area contributed by atoms with Crippen molar-refractivity contribution in [3.63, 3.8) is 0 Å². The number of halogens is 1. The number of rotatable bonds is 3. The Labute approximate surface area is 145 Å². The lowest BCUT2D eigenvalue weighted by Gasteiger charge is -2.31. The van der Waals surface area contributed by atoms with E-state index < -0.39 is 5.60 Å². The molecule has 1 atom stereocenters. The molecule has 0 spiro atoms. The molecule has 0 saturated heterocycles. The SMILES string of the molecule is CC(C)(Oc1cc2c(cc1Cl)CCC2)[C@@H]1Cn2ccc(=O)nc2O1. The minimum atomic E-state index is -0.618. The Hall–Kier alpha value is -2.01. The number of fused-ring (bicyclic) bond motifs is 2. The van der Waals surface area contributed by atoms with Crippen LogP contribution in [0.15, 0.2) is 29.2 Å². The number of hydrogen-bond donors (Lipinski definition) is 0. The number of ether oxygens (including phenoxy) is 2. The summed E-state index contributed by atoms with van der Waals surface area (Å²) in [6.45, 7) is 4.51. The van der Waals surface area contributed by atoms with Gasteiger partial charge in [0.1, 0.15) is 11.4 Å². The maximum Gasteiger partial charge on any atom is 0.300 e. The summed E-state index contributed by atoms with van der Waals surface area (Å²) < 4.78 is 13.9. The van der Waals surface area contributed by atoms with Gasteiger partial charge in [-0.3, -0.25) is 9.36 Å². The van der Waals surface area contributed by atoms with E-state index in [0.29, 0.717) is 23.3 Å². The molecule has 2 heterocycles. The van der Waals surface area contributed by atoms with E-state index in [1.807, 2.05) is 24.5 Å². The van der Waals surface area contributed by atoms with E-state index in [0.717, 1.165) is 12.8 Å². The zero-order valence-corrected chi connectivity index (χ0v) is 14.5. The molecule has 6 heteroatoms. The summed E-state index contributed by atoms with van der Waals surface area (Å²) in [7, 11) is 0. The standard InChI is InChI=1S/C18H19ClN2O3/c1-18(2,15-10-21-7-6-16(22)20-17(21)23-15)24-14-9-12-5-3-4-11(12)8-13(14)19/h6-9,15H,3-5,10H2,1-2H3/t15-/m0/s1. The molecular formula is C18H19ClN2O3. The minimum Gasteiger partial charge on any atom is -0.482 e. The van der Waals surface area contributed by atoms with Gasteiger partial charge in [-0.05, 0) is 56.4 Å². The fraction of sp³-hybridized carbons (Fsp3) is 0.444. The first kappa shape index (κ1) is 15.5. The molecule has 0 saturated carbocycles. The van der Waals surface area contributed by atoms with Crippen LogP contribution in [-0.4, -0.2) is 21.3 Å². The molecule has 0 N–H and O–H groups in total. The maximum absolute atomic E-state index is 11.4. The molecule has 5 nitrogen and oxygen atoms in total. The average Bonchev–Trinajstić information content (AvgIpc) is 3.13. The van der Waals surface area contributed by atoms with Crippen LogP contribution >= 0.6 is 11.6 Å². The van der Waals surface area contributed by atoms with E-state index in [4.69, 9.17) is 21.1 Å². The van der Waals surface area contributed by atoms with Gasteiger partial charge in [0.2, 0.25) is 0 Å². The van der Waals surface area contributed by atoms with E-state index >= 15 is 0 Å². The highest BCUT2D eigenvalue weighted by Crippen LogP contribution is 2.36. The molecule has 4 rings (SSSR count). The van der Waals surface area contributed by atoms with E-state index in [9.17, 15) is 4.79 Å². The van der Waals surface area contributed by atoms with Crippen molar-refractivity contribution in [3.05, 3.63) is 50.9 Å². The summed E-state index contributed by atoms with van der Waals surface area (Å²) >= 11 is 6.41. The van der Waals surface area contributed by atoms with Gasteiger partial charge in [0.25, 0.3) is 11.6 Å². The van der Waals surface area contributed by atoms with Gasteiger partial charge in [-0.1, -0.05) is 11.6 Å². The predicted octanol–water partition coefficient (Wildman–Crippen LogP) is 3.00. The topological polar surface area (TPSA) is 53.4 Å². The fourth-order valence-electron chi connectivity index (χ4n) is 3.35. The molecule has 24 heavy (non-hydrogen) atoms. The van der Waals surface area contributed by atoms with E-state index in [1.165, 1.54) is 23.6 Å². The predicted molar refractivity (Wildman–Crippen MR) is 91.1 cm³/mol. The molecular weight excluding hydrogens is 328 g/mol. The highest BCUT2D eigenvalue weighted by molar-refractivity contribution is 6.32. The van der Waals surface area contributed by atoms with Crippen LogP contribution in [0.2, 0.25) is 5.02 Å². The molecule has 1 aromatic heterocycles. The molecule has 0 bridgehead atoms. The van der Waals surface area contributed by atoms with Crippen LogP contribution in [0, 0.1) is 0 Å². The van der Waals surface area contributed by atoms with Crippen molar-refractivity contribution in [2.75, 3.05) is 0 Å². The minimum absolute atomic E-state index is 0.254. The Bertz CT molecular complexity index is 860. The largest absolute Gasteiger partial charge is 0.482 e. The van der Waals surface area contributed by atoms with Crippen LogP contribution < -0.4 is 15.0 Å². The van der Waals surface area contributed by atoms with E-state index in [-0.39, 0.29) is 11.7 Å². The first-order chi connectivity index (χ1) is 11.4. The first-order valence-electron chi connectivity index (χ1n) is 8.17. The molecule has 0 fully saturated rings. The smallest absolute Gasteiger partial charge is 0.300 e. The van der Waals surface area contributed by atoms with Crippen molar-refractivity contribution in [1.82, 2.24) is 9.55 Å². The first-order valence-corrected chi connectivity index (χ1v) is 8.55. The molecule has 0 unspecified atom stereocenters. The van der Waals surface area contributed by atoms with Crippen LogP contribution in [-0.2, 0) is 19.4 Å². The summed E-state index contributed by atoms with van der Waals surface area (Å²) in [6, 6.07) is 5.83. The van der Waals surface area contributed by atoms with Gasteiger partial charge < -0.3 is 9.47 Å².